The first kappa shape index (κ1) is 13.6. The first-order valence-corrected chi connectivity index (χ1v) is 4.92. The summed E-state index contributed by atoms with van der Waals surface area (Å²) in [5.41, 5.74) is 4.87. The largest absolute Gasteiger partial charge is 0.493 e. The molecule has 0 aliphatic rings. The number of rotatable bonds is 6. The number of hydrogen-bond donors (Lipinski definition) is 2. The summed E-state index contributed by atoms with van der Waals surface area (Å²) in [6, 6.07) is 2.59. The molecule has 0 aliphatic carbocycles. The molecule has 1 aromatic rings. The molecule has 18 heavy (non-hydrogen) atoms. The number of nitro benzene ring substituents is 1. The fourth-order valence-corrected chi connectivity index (χ4v) is 1.34. The van der Waals surface area contributed by atoms with E-state index in [1.807, 2.05) is 0 Å². The number of nitrogens with one attached hydrogen (secondary N) is 1. The molecule has 1 amide bonds. The monoisotopic (exact) mass is 255 g/mol. The van der Waals surface area contributed by atoms with E-state index in [0.29, 0.717) is 5.75 Å². The number of anilines is 1. The lowest BCUT2D eigenvalue weighted by Crippen LogP contribution is -2.22. The van der Waals surface area contributed by atoms with Crippen molar-refractivity contribution in [1.29, 1.82) is 0 Å². The van der Waals surface area contributed by atoms with Crippen molar-refractivity contribution >= 4 is 17.3 Å². The van der Waals surface area contributed by atoms with Crippen molar-refractivity contribution in [2.75, 3.05) is 26.1 Å². The number of carbonyl (C=O) groups is 1. The second kappa shape index (κ2) is 5.71. The lowest BCUT2D eigenvalue weighted by Gasteiger charge is -2.11. The number of nitrogens with zero attached hydrogens (tertiary/aromatic N) is 1. The molecule has 0 heterocycles. The number of carbonyl (C=O) groups excluding carboxylic acids is 1. The third kappa shape index (κ3) is 3.00. The van der Waals surface area contributed by atoms with Gasteiger partial charge in [0.05, 0.1) is 31.8 Å². The number of nitro groups is 1. The van der Waals surface area contributed by atoms with Crippen molar-refractivity contribution < 1.29 is 19.2 Å². The van der Waals surface area contributed by atoms with Crippen LogP contribution >= 0.6 is 0 Å². The van der Waals surface area contributed by atoms with Gasteiger partial charge in [0.2, 0.25) is 5.91 Å². The van der Waals surface area contributed by atoms with Gasteiger partial charge in [-0.3, -0.25) is 14.9 Å². The minimum atomic E-state index is -0.626. The molecule has 0 fully saturated rings. The molecular weight excluding hydrogens is 242 g/mol. The Labute approximate surface area is 103 Å². The number of hydrogen-bond acceptors (Lipinski definition) is 6. The Morgan fingerprint density at radius 2 is 1.94 bits per heavy atom. The van der Waals surface area contributed by atoms with E-state index in [2.05, 4.69) is 5.32 Å². The van der Waals surface area contributed by atoms with Gasteiger partial charge in [0.1, 0.15) is 5.69 Å². The topological polar surface area (TPSA) is 117 Å². The van der Waals surface area contributed by atoms with E-state index < -0.39 is 10.8 Å². The molecule has 0 bridgehead atoms. The van der Waals surface area contributed by atoms with Gasteiger partial charge in [-0.2, -0.15) is 0 Å². The molecule has 98 valence electrons. The maximum Gasteiger partial charge on any atom is 0.296 e. The molecule has 0 aliphatic heterocycles. The molecule has 1 aromatic carbocycles. The minimum Gasteiger partial charge on any atom is -0.493 e. The highest BCUT2D eigenvalue weighted by Crippen LogP contribution is 2.37. The van der Waals surface area contributed by atoms with Crippen LogP contribution < -0.4 is 20.5 Å². The number of amides is 1. The number of methoxy groups -OCH3 is 2. The summed E-state index contributed by atoms with van der Waals surface area (Å²) in [6.45, 7) is -0.212. The van der Waals surface area contributed by atoms with Crippen molar-refractivity contribution in [2.24, 2.45) is 5.73 Å². The van der Waals surface area contributed by atoms with E-state index >= 15 is 0 Å². The molecule has 0 unspecified atom stereocenters. The number of primary amides is 1. The van der Waals surface area contributed by atoms with Crippen LogP contribution in [0.2, 0.25) is 0 Å². The van der Waals surface area contributed by atoms with Crippen molar-refractivity contribution in [1.82, 2.24) is 0 Å². The normalized spacial score (nSPS) is 9.67. The van der Waals surface area contributed by atoms with Gasteiger partial charge in [-0.25, -0.2) is 0 Å². The summed E-state index contributed by atoms with van der Waals surface area (Å²) in [6.07, 6.45) is 0. The Morgan fingerprint density at radius 3 is 2.39 bits per heavy atom. The molecule has 0 atom stereocenters. The van der Waals surface area contributed by atoms with Crippen molar-refractivity contribution in [2.45, 2.75) is 0 Å². The Morgan fingerprint density at radius 1 is 1.39 bits per heavy atom. The van der Waals surface area contributed by atoms with Gasteiger partial charge in [-0.1, -0.05) is 0 Å². The Hall–Kier alpha value is -2.51. The Bertz CT molecular complexity index is 475. The SMILES string of the molecule is COc1cc(NCC(N)=O)c([N+](=O)[O-])cc1OC. The van der Waals surface area contributed by atoms with Crippen LogP contribution in [0.5, 0.6) is 11.5 Å². The van der Waals surface area contributed by atoms with Crippen LogP contribution in [0, 0.1) is 10.1 Å². The third-order valence-electron chi connectivity index (χ3n) is 2.15. The Kier molecular flexibility index (Phi) is 4.30. The molecule has 1 rings (SSSR count). The van der Waals surface area contributed by atoms with Crippen molar-refractivity contribution in [3.05, 3.63) is 22.2 Å². The van der Waals surface area contributed by atoms with E-state index in [-0.39, 0.29) is 23.7 Å². The second-order valence-corrected chi connectivity index (χ2v) is 3.30. The standard InChI is InChI=1S/C10H13N3O5/c1-17-8-3-6(12-5-10(11)14)7(13(15)16)4-9(8)18-2/h3-4,12H,5H2,1-2H3,(H2,11,14). The predicted molar refractivity (Wildman–Crippen MR) is 63.9 cm³/mol. The lowest BCUT2D eigenvalue weighted by atomic mass is 10.2. The summed E-state index contributed by atoms with van der Waals surface area (Å²) in [4.78, 5) is 21.0. The quantitative estimate of drug-likeness (QED) is 0.565. The predicted octanol–water partition coefficient (Wildman–Crippen LogP) is 0.509. The van der Waals surface area contributed by atoms with Crippen LogP contribution in [0.4, 0.5) is 11.4 Å². The molecule has 8 nitrogen and oxygen atoms in total. The zero-order chi connectivity index (χ0) is 13.7. The van der Waals surface area contributed by atoms with Crippen LogP contribution in [0.15, 0.2) is 12.1 Å². The Balaban J connectivity index is 3.20. The number of nitrogens with two attached hydrogens (primary N) is 1. The van der Waals surface area contributed by atoms with Crippen molar-refractivity contribution in [3.8, 4) is 11.5 Å². The molecule has 8 heteroatoms. The van der Waals surface area contributed by atoms with Crippen molar-refractivity contribution in [3.63, 3.8) is 0 Å². The molecule has 3 N–H and O–H groups in total. The molecule has 0 saturated carbocycles. The highest BCUT2D eigenvalue weighted by molar-refractivity contribution is 5.80. The van der Waals surface area contributed by atoms with Gasteiger partial charge >= 0.3 is 0 Å². The minimum absolute atomic E-state index is 0.136. The van der Waals surface area contributed by atoms with Crippen LogP contribution in [0.3, 0.4) is 0 Å². The summed E-state index contributed by atoms with van der Waals surface area (Å²) < 4.78 is 9.97. The van der Waals surface area contributed by atoms with Crippen LogP contribution in [0.1, 0.15) is 0 Å². The summed E-state index contributed by atoms with van der Waals surface area (Å²) >= 11 is 0. The average Bonchev–Trinajstić information content (AvgIpc) is 2.34. The van der Waals surface area contributed by atoms with Crippen LogP contribution in [0.25, 0.3) is 0 Å². The highest BCUT2D eigenvalue weighted by Gasteiger charge is 2.19. The number of ether oxygens (including phenoxy) is 2. The van der Waals surface area contributed by atoms with Gasteiger partial charge < -0.3 is 20.5 Å². The maximum atomic E-state index is 10.9. The fourth-order valence-electron chi connectivity index (χ4n) is 1.34. The highest BCUT2D eigenvalue weighted by atomic mass is 16.6. The first-order chi connectivity index (χ1) is 8.49. The van der Waals surface area contributed by atoms with E-state index in [4.69, 9.17) is 15.2 Å². The van der Waals surface area contributed by atoms with E-state index in [0.717, 1.165) is 0 Å². The van der Waals surface area contributed by atoms with Gasteiger partial charge in [-0.15, -0.1) is 0 Å². The van der Waals surface area contributed by atoms with Crippen LogP contribution in [-0.2, 0) is 4.79 Å². The molecule has 0 aromatic heterocycles. The number of benzene rings is 1. The first-order valence-electron chi connectivity index (χ1n) is 4.92. The van der Waals surface area contributed by atoms with Gasteiger partial charge in [0.15, 0.2) is 11.5 Å². The van der Waals surface area contributed by atoms with E-state index in [9.17, 15) is 14.9 Å². The van der Waals surface area contributed by atoms with E-state index in [1.165, 1.54) is 26.4 Å². The fraction of sp³-hybridized carbons (Fsp3) is 0.300. The van der Waals surface area contributed by atoms with Crippen LogP contribution in [-0.4, -0.2) is 31.6 Å². The third-order valence-corrected chi connectivity index (χ3v) is 2.15. The summed E-state index contributed by atoms with van der Waals surface area (Å²) in [5.74, 6) is -0.0806. The zero-order valence-electron chi connectivity index (χ0n) is 9.93. The van der Waals surface area contributed by atoms with Gasteiger partial charge in [0, 0.05) is 6.07 Å². The van der Waals surface area contributed by atoms with Gasteiger partial charge in [0.25, 0.3) is 5.69 Å². The summed E-state index contributed by atoms with van der Waals surface area (Å²) in [5, 5.41) is 13.5. The average molecular weight is 255 g/mol. The molecular formula is C10H13N3O5. The second-order valence-electron chi connectivity index (χ2n) is 3.30. The lowest BCUT2D eigenvalue weighted by molar-refractivity contribution is -0.384. The zero-order valence-corrected chi connectivity index (χ0v) is 9.93. The molecule has 0 spiro atoms. The molecule has 0 saturated heterocycles. The van der Waals surface area contributed by atoms with E-state index in [1.54, 1.807) is 0 Å². The maximum absolute atomic E-state index is 10.9. The van der Waals surface area contributed by atoms with Gasteiger partial charge in [-0.05, 0) is 0 Å². The smallest absolute Gasteiger partial charge is 0.296 e. The molecule has 0 radical (unpaired) electrons. The summed E-state index contributed by atoms with van der Waals surface area (Å²) in [7, 11) is 2.78.